The van der Waals surface area contributed by atoms with E-state index in [1.54, 1.807) is 0 Å². The van der Waals surface area contributed by atoms with Crippen LogP contribution in [0.1, 0.15) is 26.3 Å². The number of fused-ring (bicyclic) bond motifs is 3. The third-order valence-electron chi connectivity index (χ3n) is 6.68. The van der Waals surface area contributed by atoms with Gasteiger partial charge in [-0.05, 0) is 35.9 Å². The van der Waals surface area contributed by atoms with Crippen LogP contribution in [-0.4, -0.2) is 106 Å². The fourth-order valence-corrected chi connectivity index (χ4v) is 4.34. The lowest BCUT2D eigenvalue weighted by atomic mass is 9.91. The molecule has 0 fully saturated rings. The molecule has 4 atom stereocenters. The van der Waals surface area contributed by atoms with Gasteiger partial charge in [-0.3, -0.25) is 4.79 Å². The summed E-state index contributed by atoms with van der Waals surface area (Å²) in [6.07, 6.45) is -7.08. The van der Waals surface area contributed by atoms with Crippen molar-refractivity contribution in [1.82, 2.24) is 0 Å². The number of esters is 3. The van der Waals surface area contributed by atoms with Crippen LogP contribution in [0.15, 0.2) is 36.4 Å². The first kappa shape index (κ1) is 32.7. The van der Waals surface area contributed by atoms with Crippen molar-refractivity contribution in [2.45, 2.75) is 24.4 Å². The van der Waals surface area contributed by atoms with Gasteiger partial charge in [0.1, 0.15) is 18.8 Å². The van der Waals surface area contributed by atoms with Gasteiger partial charge in [0.2, 0.25) is 11.5 Å². The van der Waals surface area contributed by atoms with Crippen LogP contribution in [0.4, 0.5) is 0 Å². The molecule has 1 aliphatic rings. The molecule has 0 aromatic heterocycles. The van der Waals surface area contributed by atoms with Gasteiger partial charge in [0, 0.05) is 17.2 Å². The number of aliphatic hydroxyl groups excluding tert-OH is 2. The number of phenolic OH excluding ortho intramolecular Hbond substituents is 8. The van der Waals surface area contributed by atoms with Crippen LogP contribution >= 0.6 is 0 Å². The van der Waals surface area contributed by atoms with Gasteiger partial charge in [0.15, 0.2) is 53.0 Å². The molecule has 0 amide bonds. The van der Waals surface area contributed by atoms with Gasteiger partial charge in [0.25, 0.3) is 0 Å². The van der Waals surface area contributed by atoms with Crippen LogP contribution in [0.5, 0.6) is 46.0 Å². The summed E-state index contributed by atoms with van der Waals surface area (Å²) < 4.78 is 15.0. The number of carbonyl (C=O) groups is 4. The van der Waals surface area contributed by atoms with Crippen molar-refractivity contribution in [3.63, 3.8) is 0 Å². The number of hydrogen-bond donors (Lipinski definition) is 10. The lowest BCUT2D eigenvalue weighted by Crippen LogP contribution is -2.51. The Morgan fingerprint density at radius 1 is 0.761 bits per heavy atom. The number of rotatable bonds is 7. The number of cyclic esters (lactones) is 2. The number of ether oxygens (including phenoxy) is 3. The fraction of sp³-hybridized carbons (Fsp3) is 0.172. The van der Waals surface area contributed by atoms with E-state index in [0.29, 0.717) is 12.1 Å². The smallest absolute Gasteiger partial charge is 0.339 e. The molecule has 4 rings (SSSR count). The van der Waals surface area contributed by atoms with Crippen LogP contribution in [0.3, 0.4) is 0 Å². The summed E-state index contributed by atoms with van der Waals surface area (Å²) in [5.74, 6) is -12.5. The van der Waals surface area contributed by atoms with E-state index in [1.807, 2.05) is 0 Å². The van der Waals surface area contributed by atoms with Crippen molar-refractivity contribution in [3.8, 4) is 57.1 Å². The Balaban J connectivity index is 1.68. The van der Waals surface area contributed by atoms with Crippen molar-refractivity contribution >= 4 is 30.3 Å². The minimum atomic E-state index is -2.35. The molecule has 3 aromatic rings. The highest BCUT2D eigenvalue weighted by Gasteiger charge is 2.42. The molecule has 0 saturated carbocycles. The number of aliphatic hydroxyl groups is 2. The zero-order valence-electron chi connectivity index (χ0n) is 23.0. The predicted molar refractivity (Wildman–Crippen MR) is 148 cm³/mol. The maximum absolute atomic E-state index is 13.3. The van der Waals surface area contributed by atoms with Crippen molar-refractivity contribution in [1.29, 1.82) is 0 Å². The topological polar surface area (TPSA) is 298 Å². The number of carbonyl (C=O) groups excluding carboxylic acids is 4. The SMILES string of the molecule is O=CC1OC(=O)c2cc(O)c(O)c(O)c2-c2c(cc(O)c(O)c2O)C(=O)OC1C(O)C(O)COC(=O)C=Cc1ccc(O)c(O)c1. The Hall–Kier alpha value is -6.20. The van der Waals surface area contributed by atoms with E-state index in [1.165, 1.54) is 12.1 Å². The maximum atomic E-state index is 13.3. The molecule has 17 nitrogen and oxygen atoms in total. The lowest BCUT2D eigenvalue weighted by molar-refractivity contribution is -0.153. The maximum Gasteiger partial charge on any atom is 0.339 e. The van der Waals surface area contributed by atoms with E-state index in [9.17, 15) is 70.2 Å². The summed E-state index contributed by atoms with van der Waals surface area (Å²) in [6, 6.07) is 4.63. The monoisotopic (exact) mass is 644 g/mol. The summed E-state index contributed by atoms with van der Waals surface area (Å²) in [4.78, 5) is 50.6. The highest BCUT2D eigenvalue weighted by molar-refractivity contribution is 6.08. The molecular formula is C29H24O17. The van der Waals surface area contributed by atoms with E-state index in [4.69, 9.17) is 14.2 Å². The number of aldehydes is 1. The van der Waals surface area contributed by atoms with Crippen molar-refractivity contribution in [2.75, 3.05) is 6.61 Å². The van der Waals surface area contributed by atoms with Gasteiger partial charge < -0.3 is 65.3 Å². The van der Waals surface area contributed by atoms with Crippen LogP contribution in [0, 0.1) is 0 Å². The zero-order chi connectivity index (χ0) is 34.0. The first-order valence-electron chi connectivity index (χ1n) is 12.8. The van der Waals surface area contributed by atoms with Gasteiger partial charge >= 0.3 is 17.9 Å². The second-order valence-electron chi connectivity index (χ2n) is 9.68. The third-order valence-corrected chi connectivity index (χ3v) is 6.68. The van der Waals surface area contributed by atoms with Crippen molar-refractivity contribution in [3.05, 3.63) is 53.1 Å². The van der Waals surface area contributed by atoms with Gasteiger partial charge in [-0.1, -0.05) is 6.07 Å². The molecule has 1 aliphatic heterocycles. The first-order chi connectivity index (χ1) is 21.7. The molecule has 0 saturated heterocycles. The van der Waals surface area contributed by atoms with Crippen LogP contribution in [0.2, 0.25) is 0 Å². The summed E-state index contributed by atoms with van der Waals surface area (Å²) in [5.41, 5.74) is -3.39. The molecule has 3 aromatic carbocycles. The third kappa shape index (κ3) is 6.21. The molecule has 0 spiro atoms. The Morgan fingerprint density at radius 3 is 1.83 bits per heavy atom. The first-order valence-corrected chi connectivity index (χ1v) is 12.8. The molecule has 1 heterocycles. The van der Waals surface area contributed by atoms with Gasteiger partial charge in [0.05, 0.1) is 11.1 Å². The number of benzene rings is 3. The van der Waals surface area contributed by atoms with E-state index >= 15 is 0 Å². The lowest BCUT2D eigenvalue weighted by Gasteiger charge is -2.31. The van der Waals surface area contributed by atoms with E-state index < -0.39 is 117 Å². The summed E-state index contributed by atoms with van der Waals surface area (Å²) in [5, 5.41) is 102. The molecule has 242 valence electrons. The normalized spacial score (nSPS) is 17.6. The second kappa shape index (κ2) is 12.8. The quantitative estimate of drug-likeness (QED) is 0.0541. The highest BCUT2D eigenvalue weighted by Crippen LogP contribution is 2.53. The molecule has 0 aliphatic carbocycles. The van der Waals surface area contributed by atoms with Gasteiger partial charge in [-0.25, -0.2) is 14.4 Å². The minimum Gasteiger partial charge on any atom is -0.504 e. The molecule has 17 heteroatoms. The average Bonchev–Trinajstić information content (AvgIpc) is 3.02. The number of aromatic hydroxyl groups is 8. The molecule has 0 bridgehead atoms. The molecule has 10 N–H and O–H groups in total. The van der Waals surface area contributed by atoms with Crippen LogP contribution in [0.25, 0.3) is 17.2 Å². The summed E-state index contributed by atoms with van der Waals surface area (Å²) >= 11 is 0. The van der Waals surface area contributed by atoms with Gasteiger partial charge in [-0.2, -0.15) is 0 Å². The highest BCUT2D eigenvalue weighted by atomic mass is 16.6. The van der Waals surface area contributed by atoms with Gasteiger partial charge in [-0.15, -0.1) is 0 Å². The zero-order valence-corrected chi connectivity index (χ0v) is 23.0. The molecule has 46 heavy (non-hydrogen) atoms. The predicted octanol–water partition coefficient (Wildman–Crippen LogP) is 0.240. The minimum absolute atomic E-state index is 0.123. The fourth-order valence-electron chi connectivity index (χ4n) is 4.34. The Bertz CT molecular complexity index is 1760. The van der Waals surface area contributed by atoms with E-state index in [2.05, 4.69) is 0 Å². The largest absolute Gasteiger partial charge is 0.504 e. The molecule has 4 unspecified atom stereocenters. The Kier molecular flexibility index (Phi) is 9.10. The Labute approximate surface area is 256 Å². The second-order valence-corrected chi connectivity index (χ2v) is 9.68. The van der Waals surface area contributed by atoms with Crippen molar-refractivity contribution < 1.29 is 84.5 Å². The summed E-state index contributed by atoms with van der Waals surface area (Å²) in [6.45, 7) is -0.991. The molecular weight excluding hydrogens is 620 g/mol. The van der Waals surface area contributed by atoms with Crippen LogP contribution in [-0.2, 0) is 23.8 Å². The van der Waals surface area contributed by atoms with Crippen molar-refractivity contribution in [2.24, 2.45) is 0 Å². The van der Waals surface area contributed by atoms with Crippen LogP contribution < -0.4 is 0 Å². The molecule has 0 radical (unpaired) electrons. The average molecular weight is 644 g/mol. The number of hydrogen-bond acceptors (Lipinski definition) is 17. The standard InChI is InChI=1S/C29H24O17/c30-8-18-27(24(39)17(35)9-44-19(36)4-2-10-1-3-13(31)14(32)5-10)46-29(43)12-7-16(34)23(38)26(41)21(12)20-11(28(42)45-18)6-15(33)22(37)25(20)40/h1-8,17-18,24,27,31-35,37-41H,9H2. The summed E-state index contributed by atoms with van der Waals surface area (Å²) in [7, 11) is 0. The van der Waals surface area contributed by atoms with E-state index in [0.717, 1.165) is 18.2 Å². The van der Waals surface area contributed by atoms with E-state index in [-0.39, 0.29) is 11.8 Å². The Morgan fingerprint density at radius 2 is 1.30 bits per heavy atom. The number of phenols is 8.